The summed E-state index contributed by atoms with van der Waals surface area (Å²) in [6, 6.07) is 57.7. The first-order valence-corrected chi connectivity index (χ1v) is 25.0. The molecule has 6 aromatic rings. The van der Waals surface area contributed by atoms with Crippen LogP contribution in [0.2, 0.25) is 0 Å². The highest BCUT2D eigenvalue weighted by Gasteiger charge is 2.37. The molecule has 0 saturated carbocycles. The van der Waals surface area contributed by atoms with Crippen LogP contribution in [0.5, 0.6) is 0 Å². The second kappa shape index (κ2) is 24.0. The van der Waals surface area contributed by atoms with Gasteiger partial charge in [-0.1, -0.05) is 124 Å². The average Bonchev–Trinajstić information content (AvgIpc) is 3.34. The van der Waals surface area contributed by atoms with Crippen LogP contribution in [0, 0.1) is 10.8 Å². The number of unbranched alkanes of at least 4 members (excludes halogenated alkanes) is 6. The molecule has 2 aliphatic rings. The van der Waals surface area contributed by atoms with Gasteiger partial charge in [-0.25, -0.2) is 0 Å². The van der Waals surface area contributed by atoms with E-state index in [1.807, 2.05) is 0 Å². The number of hydrogen-bond donors (Lipinski definition) is 0. The summed E-state index contributed by atoms with van der Waals surface area (Å²) in [6.45, 7) is 11.3. The average molecular weight is 885 g/mol. The molecule has 0 spiro atoms. The fraction of sp³-hybridized carbons (Fsp3) is 0.400. The lowest BCUT2D eigenvalue weighted by atomic mass is 9.84. The lowest BCUT2D eigenvalue weighted by molar-refractivity contribution is -0.150. The van der Waals surface area contributed by atoms with Crippen molar-refractivity contribution in [3.05, 3.63) is 169 Å². The maximum Gasteiger partial charge on any atom is 0.0566 e. The summed E-state index contributed by atoms with van der Waals surface area (Å²) >= 11 is 0. The predicted octanol–water partition coefficient (Wildman–Crippen LogP) is 15.4. The molecule has 0 bridgehead atoms. The van der Waals surface area contributed by atoms with Crippen LogP contribution in [0.4, 0.5) is 34.1 Å². The van der Waals surface area contributed by atoms with Gasteiger partial charge in [0.2, 0.25) is 0 Å². The van der Waals surface area contributed by atoms with Gasteiger partial charge in [0, 0.05) is 58.2 Å². The van der Waals surface area contributed by atoms with Gasteiger partial charge in [-0.15, -0.1) is 0 Å². The van der Waals surface area contributed by atoms with Crippen molar-refractivity contribution < 1.29 is 18.9 Å². The molecule has 0 aliphatic carbocycles. The highest BCUT2D eigenvalue weighted by Crippen LogP contribution is 2.39. The molecule has 0 unspecified atom stereocenters. The van der Waals surface area contributed by atoms with E-state index in [9.17, 15) is 0 Å². The van der Waals surface area contributed by atoms with Crippen molar-refractivity contribution >= 4 is 34.1 Å². The first-order chi connectivity index (χ1) is 32.6. The maximum absolute atomic E-state index is 6.01. The largest absolute Gasteiger partial charge is 0.381 e. The van der Waals surface area contributed by atoms with Crippen LogP contribution in [0.1, 0.15) is 89.2 Å². The molecule has 2 heterocycles. The minimum absolute atomic E-state index is 0.280. The number of anilines is 6. The van der Waals surface area contributed by atoms with Crippen LogP contribution in [-0.4, -0.2) is 52.9 Å². The Morgan fingerprint density at radius 3 is 1.02 bits per heavy atom. The third-order valence-corrected chi connectivity index (χ3v) is 14.0. The van der Waals surface area contributed by atoms with E-state index in [1.54, 1.807) is 0 Å². The highest BCUT2D eigenvalue weighted by atomic mass is 16.5. The number of aryl methyl sites for hydroxylation is 2. The van der Waals surface area contributed by atoms with Gasteiger partial charge in [0.15, 0.2) is 0 Å². The number of para-hydroxylation sites is 2. The van der Waals surface area contributed by atoms with E-state index in [0.29, 0.717) is 0 Å². The van der Waals surface area contributed by atoms with Gasteiger partial charge < -0.3 is 28.7 Å². The van der Waals surface area contributed by atoms with Crippen LogP contribution < -0.4 is 9.80 Å². The Morgan fingerprint density at radius 1 is 0.379 bits per heavy atom. The molecule has 6 nitrogen and oxygen atoms in total. The van der Waals surface area contributed by atoms with E-state index < -0.39 is 0 Å². The topological polar surface area (TPSA) is 43.4 Å². The van der Waals surface area contributed by atoms with E-state index in [0.717, 1.165) is 126 Å². The summed E-state index contributed by atoms with van der Waals surface area (Å²) in [6.07, 6.45) is 14.0. The summed E-state index contributed by atoms with van der Waals surface area (Å²) in [4.78, 5) is 4.70. The molecule has 2 fully saturated rings. The predicted molar refractivity (Wildman–Crippen MR) is 274 cm³/mol. The summed E-state index contributed by atoms with van der Waals surface area (Å²) < 4.78 is 22.9. The van der Waals surface area contributed by atoms with Crippen molar-refractivity contribution in [2.45, 2.75) is 90.9 Å². The van der Waals surface area contributed by atoms with Gasteiger partial charge in [-0.3, -0.25) is 0 Å². The van der Waals surface area contributed by atoms with Crippen LogP contribution in [0.3, 0.4) is 0 Å². The van der Waals surface area contributed by atoms with Gasteiger partial charge in [0.05, 0.1) is 39.6 Å². The Balaban J connectivity index is 0.849. The van der Waals surface area contributed by atoms with Crippen molar-refractivity contribution in [1.82, 2.24) is 0 Å². The summed E-state index contributed by atoms with van der Waals surface area (Å²) in [7, 11) is 0. The zero-order chi connectivity index (χ0) is 45.3. The molecule has 0 aromatic heterocycles. The SMILES string of the molecule is CCC1(COCCCCCCc2ccc(N(c3ccccc3)c3ccc(-c4ccc(N(c5ccccc5)c5ccc(CCCCCCOCC6(CC)COC6)cc5)cc4)cc3)cc2)COC1. The van der Waals surface area contributed by atoms with Crippen molar-refractivity contribution in [2.75, 3.05) is 62.7 Å². The molecule has 0 N–H and O–H groups in total. The Morgan fingerprint density at radius 2 is 0.697 bits per heavy atom. The zero-order valence-electron chi connectivity index (χ0n) is 39.7. The van der Waals surface area contributed by atoms with E-state index in [-0.39, 0.29) is 10.8 Å². The van der Waals surface area contributed by atoms with Gasteiger partial charge >= 0.3 is 0 Å². The van der Waals surface area contributed by atoms with Crippen LogP contribution in [0.25, 0.3) is 11.1 Å². The van der Waals surface area contributed by atoms with E-state index in [1.165, 1.54) is 60.8 Å². The molecular weight excluding hydrogens is 813 g/mol. The zero-order valence-corrected chi connectivity index (χ0v) is 39.7. The molecule has 0 radical (unpaired) electrons. The quantitative estimate of drug-likeness (QED) is 0.0480. The van der Waals surface area contributed by atoms with Crippen LogP contribution >= 0.6 is 0 Å². The molecule has 66 heavy (non-hydrogen) atoms. The number of nitrogens with zero attached hydrogens (tertiary/aromatic N) is 2. The fourth-order valence-electron chi connectivity index (χ4n) is 9.19. The Kier molecular flexibility index (Phi) is 17.2. The van der Waals surface area contributed by atoms with Crippen molar-refractivity contribution in [3.63, 3.8) is 0 Å². The monoisotopic (exact) mass is 885 g/mol. The number of benzene rings is 6. The first kappa shape index (κ1) is 47.3. The van der Waals surface area contributed by atoms with E-state index in [4.69, 9.17) is 18.9 Å². The molecule has 0 amide bonds. The number of hydrogen-bond acceptors (Lipinski definition) is 6. The molecule has 6 aromatic carbocycles. The third kappa shape index (κ3) is 12.6. The molecule has 2 saturated heterocycles. The van der Waals surface area contributed by atoms with E-state index >= 15 is 0 Å². The Labute approximate surface area is 395 Å². The van der Waals surface area contributed by atoms with Gasteiger partial charge in [0.25, 0.3) is 0 Å². The number of rotatable bonds is 27. The molecular formula is C60H72N2O4. The lowest BCUT2D eigenvalue weighted by Gasteiger charge is -2.40. The number of ether oxygens (including phenoxy) is 4. The van der Waals surface area contributed by atoms with Crippen molar-refractivity contribution in [2.24, 2.45) is 10.8 Å². The normalized spacial score (nSPS) is 14.9. The van der Waals surface area contributed by atoms with Crippen LogP contribution in [0.15, 0.2) is 158 Å². The Hall–Kier alpha value is -5.24. The molecule has 2 aliphatic heterocycles. The maximum atomic E-state index is 6.01. The smallest absolute Gasteiger partial charge is 0.0566 e. The second-order valence-corrected chi connectivity index (χ2v) is 18.9. The van der Waals surface area contributed by atoms with Gasteiger partial charge in [0.1, 0.15) is 0 Å². The fourth-order valence-corrected chi connectivity index (χ4v) is 9.19. The van der Waals surface area contributed by atoms with Crippen LogP contribution in [-0.2, 0) is 31.8 Å². The van der Waals surface area contributed by atoms with Crippen molar-refractivity contribution in [3.8, 4) is 11.1 Å². The minimum Gasteiger partial charge on any atom is -0.381 e. The summed E-state index contributed by atoms with van der Waals surface area (Å²) in [5.74, 6) is 0. The standard InChI is InChI=1S/C60H72N2O4/c1-3-59(45-65-46-59)43-63-41-17-7-5-11-19-49-25-33-55(34-26-49)61(53-21-13-9-14-22-53)57-37-29-51(30-38-57)52-31-39-58(40-32-52)62(54-23-15-10-16-24-54)56-35-27-50(28-36-56)20-12-6-8-18-42-64-44-60(4-2)47-66-48-60/h9-10,13-16,21-40H,3-8,11-12,17-20,41-48H2,1-2H3. The lowest BCUT2D eigenvalue weighted by Crippen LogP contribution is -2.45. The third-order valence-electron chi connectivity index (χ3n) is 14.0. The first-order valence-electron chi connectivity index (χ1n) is 25.0. The Bertz CT molecular complexity index is 2110. The van der Waals surface area contributed by atoms with Gasteiger partial charge in [-0.2, -0.15) is 0 Å². The molecule has 8 rings (SSSR count). The summed E-state index contributed by atoms with van der Waals surface area (Å²) in [5.41, 5.74) is 12.6. The van der Waals surface area contributed by atoms with E-state index in [2.05, 4.69) is 181 Å². The molecule has 346 valence electrons. The van der Waals surface area contributed by atoms with Gasteiger partial charge in [-0.05, 0) is 146 Å². The van der Waals surface area contributed by atoms with Crippen molar-refractivity contribution in [1.29, 1.82) is 0 Å². The summed E-state index contributed by atoms with van der Waals surface area (Å²) in [5, 5.41) is 0. The minimum atomic E-state index is 0.280. The second-order valence-electron chi connectivity index (χ2n) is 18.9. The molecule has 0 atom stereocenters. The highest BCUT2D eigenvalue weighted by molar-refractivity contribution is 5.80. The molecule has 6 heteroatoms.